The molecule has 0 unspecified atom stereocenters. The number of rotatable bonds is 1. The van der Waals surface area contributed by atoms with Crippen molar-refractivity contribution in [1.82, 2.24) is 0 Å². The Morgan fingerprint density at radius 1 is 1.08 bits per heavy atom. The van der Waals surface area contributed by atoms with Crippen molar-refractivity contribution in [3.8, 4) is 0 Å². The van der Waals surface area contributed by atoms with Crippen LogP contribution in [0.4, 0.5) is 0 Å². The van der Waals surface area contributed by atoms with Gasteiger partial charge in [-0.15, -0.1) is 0 Å². The zero-order chi connectivity index (χ0) is 9.61. The predicted octanol–water partition coefficient (Wildman–Crippen LogP) is 4.64. The van der Waals surface area contributed by atoms with Gasteiger partial charge in [0.05, 0.1) is 0 Å². The molecule has 0 atom stereocenters. The number of hydrogen-bond acceptors (Lipinski definition) is 0. The van der Waals surface area contributed by atoms with Gasteiger partial charge in [-0.2, -0.15) is 0 Å². The van der Waals surface area contributed by atoms with Crippen LogP contribution < -0.4 is 0 Å². The van der Waals surface area contributed by atoms with Crippen molar-refractivity contribution in [3.05, 3.63) is 0 Å². The molecule has 1 rings (SSSR count). The minimum Gasteiger partial charge on any atom is -0.0656 e. The van der Waals surface area contributed by atoms with Crippen molar-refractivity contribution < 1.29 is 0 Å². The molecular formula is C12H26. The second kappa shape index (κ2) is 5.61. The van der Waals surface area contributed by atoms with Gasteiger partial charge in [0.2, 0.25) is 0 Å². The summed E-state index contributed by atoms with van der Waals surface area (Å²) in [6.45, 7) is 11.4. The molecule has 12 heavy (non-hydrogen) atoms. The van der Waals surface area contributed by atoms with Gasteiger partial charge >= 0.3 is 0 Å². The van der Waals surface area contributed by atoms with E-state index in [9.17, 15) is 0 Å². The Morgan fingerprint density at radius 3 is 1.58 bits per heavy atom. The average molecular weight is 170 g/mol. The summed E-state index contributed by atoms with van der Waals surface area (Å²) in [5, 5.41) is 0. The van der Waals surface area contributed by atoms with E-state index in [1.807, 2.05) is 0 Å². The monoisotopic (exact) mass is 170 g/mol. The molecule has 0 aliphatic heterocycles. The van der Waals surface area contributed by atoms with E-state index in [0.717, 1.165) is 5.92 Å². The SMILES string of the molecule is CC(C)C1(C)CCCC1.CCC. The van der Waals surface area contributed by atoms with Gasteiger partial charge in [-0.25, -0.2) is 0 Å². The van der Waals surface area contributed by atoms with Crippen LogP contribution in [0.5, 0.6) is 0 Å². The standard InChI is InChI=1S/C9H18.C3H8/c1-8(2)9(3)6-4-5-7-9;1-3-2/h8H,4-7H2,1-3H3;3H2,1-2H3. The van der Waals surface area contributed by atoms with E-state index in [1.165, 1.54) is 32.1 Å². The third-order valence-corrected chi connectivity index (χ3v) is 3.14. The highest BCUT2D eigenvalue weighted by molar-refractivity contribution is 4.82. The first-order chi connectivity index (χ1) is 5.56. The van der Waals surface area contributed by atoms with Gasteiger partial charge in [-0.3, -0.25) is 0 Å². The van der Waals surface area contributed by atoms with Crippen molar-refractivity contribution in [2.75, 3.05) is 0 Å². The van der Waals surface area contributed by atoms with Gasteiger partial charge in [0.25, 0.3) is 0 Å². The quantitative estimate of drug-likeness (QED) is 0.538. The molecule has 0 saturated heterocycles. The van der Waals surface area contributed by atoms with Crippen LogP contribution in [-0.4, -0.2) is 0 Å². The van der Waals surface area contributed by atoms with Crippen molar-refractivity contribution in [3.63, 3.8) is 0 Å². The second-order valence-electron chi connectivity index (χ2n) is 4.72. The van der Waals surface area contributed by atoms with Crippen LogP contribution in [0.2, 0.25) is 0 Å². The summed E-state index contributed by atoms with van der Waals surface area (Å²) in [6.07, 6.45) is 7.11. The van der Waals surface area contributed by atoms with E-state index in [0.29, 0.717) is 5.41 Å². The Kier molecular flexibility index (Phi) is 5.61. The minimum atomic E-state index is 0.694. The summed E-state index contributed by atoms with van der Waals surface area (Å²) < 4.78 is 0. The molecule has 1 aliphatic rings. The normalized spacial score (nSPS) is 20.5. The summed E-state index contributed by atoms with van der Waals surface area (Å²) in [5.74, 6) is 0.889. The summed E-state index contributed by atoms with van der Waals surface area (Å²) in [4.78, 5) is 0. The molecule has 0 aromatic rings. The maximum atomic E-state index is 2.44. The lowest BCUT2D eigenvalue weighted by molar-refractivity contribution is 0.228. The fourth-order valence-electron chi connectivity index (χ4n) is 1.76. The summed E-state index contributed by atoms with van der Waals surface area (Å²) in [6, 6.07) is 0. The lowest BCUT2D eigenvalue weighted by Crippen LogP contribution is -2.18. The average Bonchev–Trinajstić information content (AvgIpc) is 2.39. The van der Waals surface area contributed by atoms with Crippen LogP contribution in [-0.2, 0) is 0 Å². The van der Waals surface area contributed by atoms with Crippen LogP contribution in [0.3, 0.4) is 0 Å². The molecule has 0 nitrogen and oxygen atoms in total. The fourth-order valence-corrected chi connectivity index (χ4v) is 1.76. The smallest absolute Gasteiger partial charge is 0.0303 e. The molecule has 0 amide bonds. The van der Waals surface area contributed by atoms with Crippen molar-refractivity contribution in [2.24, 2.45) is 11.3 Å². The van der Waals surface area contributed by atoms with Crippen LogP contribution in [0.1, 0.15) is 66.7 Å². The van der Waals surface area contributed by atoms with Crippen molar-refractivity contribution in [1.29, 1.82) is 0 Å². The third kappa shape index (κ3) is 3.60. The zero-order valence-electron chi connectivity index (χ0n) is 9.61. The molecule has 0 N–H and O–H groups in total. The summed E-state index contributed by atoms with van der Waals surface area (Å²) in [7, 11) is 0. The maximum absolute atomic E-state index is 2.44. The molecule has 0 heterocycles. The molecule has 1 fully saturated rings. The van der Waals surface area contributed by atoms with Crippen LogP contribution in [0.15, 0.2) is 0 Å². The van der Waals surface area contributed by atoms with Crippen LogP contribution >= 0.6 is 0 Å². The molecule has 0 spiro atoms. The van der Waals surface area contributed by atoms with E-state index < -0.39 is 0 Å². The Balaban J connectivity index is 0.000000354. The topological polar surface area (TPSA) is 0 Å². The van der Waals surface area contributed by atoms with Gasteiger partial charge in [-0.05, 0) is 24.2 Å². The zero-order valence-corrected chi connectivity index (χ0v) is 9.61. The molecule has 1 saturated carbocycles. The molecular weight excluding hydrogens is 144 g/mol. The Hall–Kier alpha value is 0. The highest BCUT2D eigenvalue weighted by Crippen LogP contribution is 2.43. The summed E-state index contributed by atoms with van der Waals surface area (Å²) >= 11 is 0. The Bertz CT molecular complexity index is 96.6. The van der Waals surface area contributed by atoms with Crippen molar-refractivity contribution >= 4 is 0 Å². The third-order valence-electron chi connectivity index (χ3n) is 3.14. The Labute approximate surface area is 78.8 Å². The number of hydrogen-bond donors (Lipinski definition) is 0. The molecule has 0 heteroatoms. The highest BCUT2D eigenvalue weighted by atomic mass is 14.4. The van der Waals surface area contributed by atoms with Gasteiger partial charge in [0.15, 0.2) is 0 Å². The molecule has 0 aromatic carbocycles. The van der Waals surface area contributed by atoms with E-state index in [4.69, 9.17) is 0 Å². The lowest BCUT2D eigenvalue weighted by atomic mass is 9.78. The van der Waals surface area contributed by atoms with Gasteiger partial charge in [-0.1, -0.05) is 53.9 Å². The molecule has 74 valence electrons. The first-order valence-electron chi connectivity index (χ1n) is 5.56. The molecule has 0 radical (unpaired) electrons. The fraction of sp³-hybridized carbons (Fsp3) is 1.00. The van der Waals surface area contributed by atoms with Crippen LogP contribution in [0.25, 0.3) is 0 Å². The molecule has 1 aliphatic carbocycles. The lowest BCUT2D eigenvalue weighted by Gasteiger charge is -2.27. The van der Waals surface area contributed by atoms with E-state index in [2.05, 4.69) is 34.6 Å². The largest absolute Gasteiger partial charge is 0.0656 e. The van der Waals surface area contributed by atoms with Gasteiger partial charge < -0.3 is 0 Å². The van der Waals surface area contributed by atoms with Crippen molar-refractivity contribution in [2.45, 2.75) is 66.7 Å². The van der Waals surface area contributed by atoms with E-state index >= 15 is 0 Å². The van der Waals surface area contributed by atoms with Gasteiger partial charge in [0.1, 0.15) is 0 Å². The summed E-state index contributed by atoms with van der Waals surface area (Å²) in [5.41, 5.74) is 0.694. The van der Waals surface area contributed by atoms with Gasteiger partial charge in [0, 0.05) is 0 Å². The highest BCUT2D eigenvalue weighted by Gasteiger charge is 2.31. The predicted molar refractivity (Wildman–Crippen MR) is 57.4 cm³/mol. The molecule has 0 bridgehead atoms. The van der Waals surface area contributed by atoms with E-state index in [1.54, 1.807) is 0 Å². The van der Waals surface area contributed by atoms with E-state index in [-0.39, 0.29) is 0 Å². The second-order valence-corrected chi connectivity index (χ2v) is 4.72. The first-order valence-corrected chi connectivity index (χ1v) is 5.56. The van der Waals surface area contributed by atoms with Crippen LogP contribution in [0, 0.1) is 11.3 Å². The molecule has 0 aromatic heterocycles. The Morgan fingerprint density at radius 2 is 1.42 bits per heavy atom. The maximum Gasteiger partial charge on any atom is -0.0303 e. The first kappa shape index (κ1) is 12.0. The minimum absolute atomic E-state index is 0.694.